The number of aliphatic carboxylic acids is 1. The Morgan fingerprint density at radius 3 is 2.61 bits per heavy atom. The van der Waals surface area contributed by atoms with E-state index in [1.807, 2.05) is 0 Å². The van der Waals surface area contributed by atoms with E-state index >= 15 is 0 Å². The Bertz CT molecular complexity index is 367. The third-order valence-corrected chi connectivity index (χ3v) is 3.24. The lowest BCUT2D eigenvalue weighted by atomic mass is 10.2. The smallest absolute Gasteiger partial charge is 0.326 e. The third kappa shape index (κ3) is 3.35. The van der Waals surface area contributed by atoms with Gasteiger partial charge in [-0.25, -0.2) is 9.59 Å². The second-order valence-corrected chi connectivity index (χ2v) is 4.81. The predicted octanol–water partition coefficient (Wildman–Crippen LogP) is -0.573. The van der Waals surface area contributed by atoms with Gasteiger partial charge < -0.3 is 21.1 Å². The van der Waals surface area contributed by atoms with Crippen molar-refractivity contribution >= 4 is 17.9 Å². The number of carbonyl (C=O) groups excluding carboxylic acids is 2. The van der Waals surface area contributed by atoms with E-state index < -0.39 is 18.0 Å². The molecule has 7 nitrogen and oxygen atoms in total. The van der Waals surface area contributed by atoms with Gasteiger partial charge in [0.1, 0.15) is 6.04 Å². The lowest BCUT2D eigenvalue weighted by molar-refractivity contribution is -0.139. The van der Waals surface area contributed by atoms with E-state index in [4.69, 9.17) is 5.11 Å². The first-order valence-electron chi connectivity index (χ1n) is 6.13. The van der Waals surface area contributed by atoms with E-state index in [1.54, 1.807) is 0 Å². The van der Waals surface area contributed by atoms with Gasteiger partial charge in [-0.1, -0.05) is 0 Å². The Hall–Kier alpha value is -1.79. The van der Waals surface area contributed by atoms with Crippen molar-refractivity contribution in [2.75, 3.05) is 6.54 Å². The second kappa shape index (κ2) is 5.24. The van der Waals surface area contributed by atoms with E-state index in [2.05, 4.69) is 16.0 Å². The van der Waals surface area contributed by atoms with E-state index in [0.717, 1.165) is 12.8 Å². The Labute approximate surface area is 104 Å². The van der Waals surface area contributed by atoms with Gasteiger partial charge in [0.2, 0.25) is 5.91 Å². The topological polar surface area (TPSA) is 108 Å². The number of amides is 3. The van der Waals surface area contributed by atoms with Crippen LogP contribution in [0.2, 0.25) is 0 Å². The van der Waals surface area contributed by atoms with E-state index in [-0.39, 0.29) is 17.9 Å². The van der Waals surface area contributed by atoms with Gasteiger partial charge in [0.25, 0.3) is 0 Å². The molecule has 0 aromatic heterocycles. The van der Waals surface area contributed by atoms with Gasteiger partial charge in [0.15, 0.2) is 0 Å². The highest BCUT2D eigenvalue weighted by molar-refractivity contribution is 5.83. The minimum atomic E-state index is -0.998. The van der Waals surface area contributed by atoms with Crippen LogP contribution >= 0.6 is 0 Å². The van der Waals surface area contributed by atoms with Crippen LogP contribution in [0.15, 0.2) is 0 Å². The fourth-order valence-corrected chi connectivity index (χ4v) is 2.05. The van der Waals surface area contributed by atoms with Crippen LogP contribution in [0.5, 0.6) is 0 Å². The quantitative estimate of drug-likeness (QED) is 0.527. The third-order valence-electron chi connectivity index (χ3n) is 3.24. The van der Waals surface area contributed by atoms with Crippen molar-refractivity contribution < 1.29 is 19.5 Å². The lowest BCUT2D eigenvalue weighted by Crippen LogP contribution is -2.49. The van der Waals surface area contributed by atoms with Gasteiger partial charge in [-0.05, 0) is 25.2 Å². The highest BCUT2D eigenvalue weighted by atomic mass is 16.4. The van der Waals surface area contributed by atoms with Gasteiger partial charge in [-0.15, -0.1) is 0 Å². The molecule has 0 bridgehead atoms. The molecule has 0 aromatic carbocycles. The molecule has 3 amide bonds. The zero-order valence-corrected chi connectivity index (χ0v) is 9.94. The Morgan fingerprint density at radius 1 is 1.39 bits per heavy atom. The van der Waals surface area contributed by atoms with Crippen molar-refractivity contribution in [1.82, 2.24) is 16.0 Å². The van der Waals surface area contributed by atoms with Gasteiger partial charge in [-0.3, -0.25) is 4.79 Å². The van der Waals surface area contributed by atoms with Crippen LogP contribution < -0.4 is 16.0 Å². The molecule has 0 radical (unpaired) electrons. The summed E-state index contributed by atoms with van der Waals surface area (Å²) in [6.07, 6.45) is 2.86. The largest absolute Gasteiger partial charge is 0.480 e. The van der Waals surface area contributed by atoms with Crippen LogP contribution in [0.25, 0.3) is 0 Å². The van der Waals surface area contributed by atoms with Crippen LogP contribution in [0.1, 0.15) is 25.7 Å². The molecule has 1 saturated carbocycles. The van der Waals surface area contributed by atoms with Crippen molar-refractivity contribution in [2.24, 2.45) is 5.92 Å². The predicted molar refractivity (Wildman–Crippen MR) is 61.8 cm³/mol. The van der Waals surface area contributed by atoms with Crippen molar-refractivity contribution in [3.05, 3.63) is 0 Å². The number of carbonyl (C=O) groups is 3. The maximum atomic E-state index is 11.5. The van der Waals surface area contributed by atoms with Crippen LogP contribution in [-0.2, 0) is 9.59 Å². The summed E-state index contributed by atoms with van der Waals surface area (Å²) in [7, 11) is 0. The number of urea groups is 1. The average Bonchev–Trinajstić information content (AvgIpc) is 3.06. The van der Waals surface area contributed by atoms with Crippen LogP contribution in [-0.4, -0.2) is 41.6 Å². The molecule has 2 fully saturated rings. The van der Waals surface area contributed by atoms with Crippen molar-refractivity contribution in [2.45, 2.75) is 37.8 Å². The zero-order chi connectivity index (χ0) is 13.1. The second-order valence-electron chi connectivity index (χ2n) is 4.81. The van der Waals surface area contributed by atoms with Gasteiger partial charge in [-0.2, -0.15) is 0 Å². The maximum Gasteiger partial charge on any atom is 0.326 e. The number of hydrogen-bond donors (Lipinski definition) is 4. The normalized spacial score (nSPS) is 24.2. The van der Waals surface area contributed by atoms with Crippen molar-refractivity contribution in [1.29, 1.82) is 0 Å². The number of carboxylic acid groups (broad SMARTS) is 1. The average molecular weight is 255 g/mol. The minimum absolute atomic E-state index is 0.0106. The molecule has 2 aliphatic rings. The van der Waals surface area contributed by atoms with Crippen molar-refractivity contribution in [3.63, 3.8) is 0 Å². The lowest BCUT2D eigenvalue weighted by Gasteiger charge is -2.16. The van der Waals surface area contributed by atoms with Gasteiger partial charge >= 0.3 is 12.0 Å². The highest BCUT2D eigenvalue weighted by Crippen LogP contribution is 2.32. The molecule has 0 spiro atoms. The molecule has 2 rings (SSSR count). The van der Waals surface area contributed by atoms with E-state index in [1.165, 1.54) is 0 Å². The zero-order valence-electron chi connectivity index (χ0n) is 9.94. The van der Waals surface area contributed by atoms with Gasteiger partial charge in [0.05, 0.1) is 0 Å². The molecule has 1 saturated heterocycles. The first kappa shape index (κ1) is 12.7. The summed E-state index contributed by atoms with van der Waals surface area (Å²) in [5.74, 6) is -0.954. The molecule has 7 heteroatoms. The van der Waals surface area contributed by atoms with Crippen LogP contribution in [0, 0.1) is 5.92 Å². The fraction of sp³-hybridized carbons (Fsp3) is 0.727. The summed E-state index contributed by atoms with van der Waals surface area (Å²) in [6.45, 7) is 0.328. The molecular weight excluding hydrogens is 238 g/mol. The molecule has 100 valence electrons. The number of hydrogen-bond acceptors (Lipinski definition) is 3. The minimum Gasteiger partial charge on any atom is -0.480 e. The molecule has 18 heavy (non-hydrogen) atoms. The molecule has 2 atom stereocenters. The van der Waals surface area contributed by atoms with Gasteiger partial charge in [0, 0.05) is 19.0 Å². The summed E-state index contributed by atoms with van der Waals surface area (Å²) < 4.78 is 0. The molecule has 1 aliphatic heterocycles. The summed E-state index contributed by atoms with van der Waals surface area (Å²) >= 11 is 0. The first-order chi connectivity index (χ1) is 8.56. The Balaban J connectivity index is 1.71. The highest BCUT2D eigenvalue weighted by Gasteiger charge is 2.37. The number of nitrogens with one attached hydrogen (secondary N) is 3. The van der Waals surface area contributed by atoms with E-state index in [9.17, 15) is 14.4 Å². The Kier molecular flexibility index (Phi) is 3.69. The summed E-state index contributed by atoms with van der Waals surface area (Å²) in [5.41, 5.74) is 0. The molecule has 0 aromatic rings. The maximum absolute atomic E-state index is 11.5. The van der Waals surface area contributed by atoms with Crippen LogP contribution in [0.4, 0.5) is 4.79 Å². The summed E-state index contributed by atoms with van der Waals surface area (Å²) in [6, 6.07) is -1.34. The Morgan fingerprint density at radius 2 is 2.11 bits per heavy atom. The summed E-state index contributed by atoms with van der Waals surface area (Å²) in [5, 5.41) is 16.7. The standard InChI is InChI=1S/C11H17N3O4/c15-8-4-3-7(13-8)5-12-11(18)14-9(10(16)17)6-1-2-6/h6-7,9H,1-5H2,(H,13,15)(H,16,17)(H2,12,14,18). The molecule has 1 aliphatic carbocycles. The molecule has 1 heterocycles. The fourth-order valence-electron chi connectivity index (χ4n) is 2.05. The first-order valence-corrected chi connectivity index (χ1v) is 6.13. The van der Waals surface area contributed by atoms with Crippen molar-refractivity contribution in [3.8, 4) is 0 Å². The molecular formula is C11H17N3O4. The summed E-state index contributed by atoms with van der Waals surface area (Å²) in [4.78, 5) is 33.4. The monoisotopic (exact) mass is 255 g/mol. The molecule has 4 N–H and O–H groups in total. The number of carboxylic acids is 1. The SMILES string of the molecule is O=C1CCC(CNC(=O)NC(C(=O)O)C2CC2)N1. The van der Waals surface area contributed by atoms with Crippen LogP contribution in [0.3, 0.4) is 0 Å². The number of rotatable bonds is 5. The van der Waals surface area contributed by atoms with E-state index in [0.29, 0.717) is 19.4 Å². The molecule has 2 unspecified atom stereocenters.